The molecule has 112 valence electrons. The molecule has 3 rings (SSSR count). The zero-order valence-corrected chi connectivity index (χ0v) is 11.6. The van der Waals surface area contributed by atoms with Crippen molar-refractivity contribution in [2.75, 3.05) is 6.54 Å². The van der Waals surface area contributed by atoms with E-state index in [9.17, 15) is 17.6 Å². The lowest BCUT2D eigenvalue weighted by molar-refractivity contribution is -0.140. The minimum Gasteiger partial charge on any atom is -0.480 e. The van der Waals surface area contributed by atoms with E-state index >= 15 is 0 Å². The Kier molecular flexibility index (Phi) is 3.22. The summed E-state index contributed by atoms with van der Waals surface area (Å²) in [5.74, 6) is -1.86. The highest BCUT2D eigenvalue weighted by Crippen LogP contribution is 2.30. The molecule has 1 saturated heterocycles. The molecule has 0 radical (unpaired) electrons. The lowest BCUT2D eigenvalue weighted by Crippen LogP contribution is -2.40. The van der Waals surface area contributed by atoms with E-state index in [-0.39, 0.29) is 18.5 Å². The first-order chi connectivity index (χ1) is 9.91. The maximum Gasteiger partial charge on any atom is 0.322 e. The van der Waals surface area contributed by atoms with Crippen LogP contribution in [0.5, 0.6) is 0 Å². The molecular formula is C13H12FNO5S. The fourth-order valence-electron chi connectivity index (χ4n) is 2.52. The monoisotopic (exact) mass is 313 g/mol. The van der Waals surface area contributed by atoms with Crippen LogP contribution in [-0.2, 0) is 14.8 Å². The standard InChI is InChI=1S/C13H12FNO5S/c14-9-4-1-3-8-7-11(20-12(8)9)21(18,19)15-6-2-5-10(15)13(16)17/h1,3-4,7,10H,2,5-6H2,(H,16,17)/t10-/m0/s1. The van der Waals surface area contributed by atoms with Crippen molar-refractivity contribution in [2.24, 2.45) is 0 Å². The van der Waals surface area contributed by atoms with Crippen molar-refractivity contribution in [1.29, 1.82) is 0 Å². The number of hydrogen-bond acceptors (Lipinski definition) is 4. The Morgan fingerprint density at radius 2 is 2.19 bits per heavy atom. The van der Waals surface area contributed by atoms with Crippen molar-refractivity contribution >= 4 is 27.0 Å². The normalized spacial score (nSPS) is 20.1. The number of benzene rings is 1. The maximum atomic E-state index is 13.6. The molecule has 0 saturated carbocycles. The molecule has 2 aromatic rings. The van der Waals surface area contributed by atoms with Crippen LogP contribution in [0.2, 0.25) is 0 Å². The van der Waals surface area contributed by atoms with Gasteiger partial charge in [0.1, 0.15) is 6.04 Å². The van der Waals surface area contributed by atoms with Crippen LogP contribution < -0.4 is 0 Å². The van der Waals surface area contributed by atoms with Crippen LogP contribution in [0.1, 0.15) is 12.8 Å². The van der Waals surface area contributed by atoms with Crippen molar-refractivity contribution < 1.29 is 27.1 Å². The van der Waals surface area contributed by atoms with Crippen molar-refractivity contribution in [2.45, 2.75) is 24.0 Å². The molecule has 8 heteroatoms. The average molecular weight is 313 g/mol. The van der Waals surface area contributed by atoms with Crippen LogP contribution >= 0.6 is 0 Å². The Labute approximate surface area is 119 Å². The number of carbonyl (C=O) groups is 1. The van der Waals surface area contributed by atoms with E-state index in [1.165, 1.54) is 18.2 Å². The van der Waals surface area contributed by atoms with Gasteiger partial charge in [0.2, 0.25) is 5.09 Å². The Morgan fingerprint density at radius 1 is 1.43 bits per heavy atom. The summed E-state index contributed by atoms with van der Waals surface area (Å²) in [5, 5.41) is 8.97. The van der Waals surface area contributed by atoms with Crippen LogP contribution in [0.3, 0.4) is 0 Å². The van der Waals surface area contributed by atoms with Crippen LogP contribution in [0, 0.1) is 5.82 Å². The van der Waals surface area contributed by atoms with Gasteiger partial charge in [-0.05, 0) is 18.9 Å². The summed E-state index contributed by atoms with van der Waals surface area (Å²) in [5.41, 5.74) is -0.151. The summed E-state index contributed by atoms with van der Waals surface area (Å²) in [4.78, 5) is 11.1. The molecule has 0 aliphatic carbocycles. The Morgan fingerprint density at radius 3 is 2.86 bits per heavy atom. The first-order valence-corrected chi connectivity index (χ1v) is 7.78. The summed E-state index contributed by atoms with van der Waals surface area (Å²) in [7, 11) is -4.09. The molecule has 1 atom stereocenters. The third-order valence-electron chi connectivity index (χ3n) is 3.53. The van der Waals surface area contributed by atoms with Crippen molar-refractivity contribution in [3.05, 3.63) is 30.1 Å². The number of aliphatic carboxylic acids is 1. The van der Waals surface area contributed by atoms with Gasteiger partial charge in [0.25, 0.3) is 10.0 Å². The summed E-state index contributed by atoms with van der Waals surface area (Å²) >= 11 is 0. The molecular weight excluding hydrogens is 301 g/mol. The molecule has 1 aromatic heterocycles. The molecule has 2 heterocycles. The molecule has 21 heavy (non-hydrogen) atoms. The third kappa shape index (κ3) is 2.20. The fourth-order valence-corrected chi connectivity index (χ4v) is 4.12. The predicted octanol–water partition coefficient (Wildman–Crippen LogP) is 1.81. The summed E-state index contributed by atoms with van der Waals surface area (Å²) < 4.78 is 44.5. The van der Waals surface area contributed by atoms with Gasteiger partial charge in [-0.1, -0.05) is 12.1 Å². The second kappa shape index (κ2) is 4.81. The van der Waals surface area contributed by atoms with Gasteiger partial charge in [-0.15, -0.1) is 0 Å². The number of halogens is 1. The molecule has 1 aliphatic rings. The molecule has 0 bridgehead atoms. The van der Waals surface area contributed by atoms with E-state index in [4.69, 9.17) is 9.52 Å². The lowest BCUT2D eigenvalue weighted by Gasteiger charge is -2.19. The highest BCUT2D eigenvalue weighted by molar-refractivity contribution is 7.89. The van der Waals surface area contributed by atoms with Crippen molar-refractivity contribution in [3.63, 3.8) is 0 Å². The summed E-state index contributed by atoms with van der Waals surface area (Å²) in [6.07, 6.45) is 0.716. The third-order valence-corrected chi connectivity index (χ3v) is 5.29. The number of carboxylic acids is 1. The highest BCUT2D eigenvalue weighted by Gasteiger charge is 2.41. The van der Waals surface area contributed by atoms with E-state index < -0.39 is 32.9 Å². The number of para-hydroxylation sites is 1. The number of sulfonamides is 1. The van der Waals surface area contributed by atoms with Crippen molar-refractivity contribution in [3.8, 4) is 0 Å². The number of carboxylic acid groups (broad SMARTS) is 1. The highest BCUT2D eigenvalue weighted by atomic mass is 32.2. The molecule has 0 amide bonds. The van der Waals surface area contributed by atoms with Gasteiger partial charge in [0, 0.05) is 18.0 Å². The number of furan rings is 1. The van der Waals surface area contributed by atoms with Crippen molar-refractivity contribution in [1.82, 2.24) is 4.31 Å². The summed E-state index contributed by atoms with van der Waals surface area (Å²) in [6.45, 7) is 0.110. The Balaban J connectivity index is 2.08. The SMILES string of the molecule is O=C(O)[C@@H]1CCCN1S(=O)(=O)c1cc2cccc(F)c2o1. The van der Waals surface area contributed by atoms with Crippen LogP contribution in [0.25, 0.3) is 11.0 Å². The Hall–Kier alpha value is -1.93. The molecule has 0 unspecified atom stereocenters. The van der Waals surface area contributed by atoms with Gasteiger partial charge >= 0.3 is 5.97 Å². The first kappa shape index (κ1) is 14.0. The number of fused-ring (bicyclic) bond motifs is 1. The minimum absolute atomic E-state index is 0.110. The van der Waals surface area contributed by atoms with Crippen LogP contribution in [0.4, 0.5) is 4.39 Å². The van der Waals surface area contributed by atoms with Gasteiger partial charge in [-0.2, -0.15) is 4.31 Å². The molecule has 1 aliphatic heterocycles. The second-order valence-corrected chi connectivity index (χ2v) is 6.66. The number of rotatable bonds is 3. The zero-order chi connectivity index (χ0) is 15.2. The quantitative estimate of drug-likeness (QED) is 0.933. The molecule has 1 N–H and O–H groups in total. The minimum atomic E-state index is -4.09. The molecule has 1 fully saturated rings. The van der Waals surface area contributed by atoms with Gasteiger partial charge in [-0.25, -0.2) is 12.8 Å². The van der Waals surface area contributed by atoms with Gasteiger partial charge in [0.15, 0.2) is 11.4 Å². The largest absolute Gasteiger partial charge is 0.480 e. The molecule has 0 spiro atoms. The smallest absolute Gasteiger partial charge is 0.322 e. The first-order valence-electron chi connectivity index (χ1n) is 6.34. The Bertz CT molecular complexity index is 813. The van der Waals surface area contributed by atoms with E-state index in [2.05, 4.69) is 0 Å². The number of hydrogen-bond donors (Lipinski definition) is 1. The van der Waals surface area contributed by atoms with E-state index in [1.54, 1.807) is 0 Å². The topological polar surface area (TPSA) is 87.8 Å². The number of nitrogens with zero attached hydrogens (tertiary/aromatic N) is 1. The van der Waals surface area contributed by atoms with Crippen LogP contribution in [-0.4, -0.2) is 36.4 Å². The zero-order valence-electron chi connectivity index (χ0n) is 10.8. The average Bonchev–Trinajstić information content (AvgIpc) is 3.06. The second-order valence-electron chi connectivity index (χ2n) is 4.84. The van der Waals surface area contributed by atoms with Crippen LogP contribution in [0.15, 0.2) is 33.8 Å². The fraction of sp³-hybridized carbons (Fsp3) is 0.308. The maximum absolute atomic E-state index is 13.6. The van der Waals surface area contributed by atoms with Gasteiger partial charge < -0.3 is 9.52 Å². The van der Waals surface area contributed by atoms with Gasteiger partial charge in [-0.3, -0.25) is 4.79 Å². The molecule has 1 aromatic carbocycles. The van der Waals surface area contributed by atoms with Gasteiger partial charge in [0.05, 0.1) is 0 Å². The van der Waals surface area contributed by atoms with E-state index in [1.807, 2.05) is 0 Å². The molecule has 6 nitrogen and oxygen atoms in total. The lowest BCUT2D eigenvalue weighted by atomic mass is 10.2. The van der Waals surface area contributed by atoms with E-state index in [0.29, 0.717) is 11.8 Å². The summed E-state index contributed by atoms with van der Waals surface area (Å²) in [6, 6.07) is 4.25. The van der Waals surface area contributed by atoms with E-state index in [0.717, 1.165) is 10.4 Å². The predicted molar refractivity (Wildman–Crippen MR) is 70.7 cm³/mol.